The van der Waals surface area contributed by atoms with Gasteiger partial charge in [0.1, 0.15) is 11.6 Å². The summed E-state index contributed by atoms with van der Waals surface area (Å²) >= 11 is 5.97. The van der Waals surface area contributed by atoms with Crippen molar-refractivity contribution < 1.29 is 9.13 Å². The fourth-order valence-electron chi connectivity index (χ4n) is 1.74. The molecule has 0 aliphatic rings. The first-order valence-electron chi connectivity index (χ1n) is 6.11. The number of hydrogen-bond acceptors (Lipinski definition) is 2. The van der Waals surface area contributed by atoms with Crippen LogP contribution in [-0.4, -0.2) is 7.11 Å². The quantitative estimate of drug-likeness (QED) is 0.515. The van der Waals surface area contributed by atoms with E-state index in [0.29, 0.717) is 33.2 Å². The minimum Gasteiger partial charge on any atom is -0.497 e. The van der Waals surface area contributed by atoms with Gasteiger partial charge in [-0.1, -0.05) is 30.0 Å². The molecule has 0 saturated carbocycles. The van der Waals surface area contributed by atoms with Gasteiger partial charge in [-0.3, -0.25) is 0 Å². The Morgan fingerprint density at radius 3 is 2.62 bits per heavy atom. The molecule has 0 spiro atoms. The Morgan fingerprint density at radius 1 is 1.19 bits per heavy atom. The molecular weight excluding hydrogens is 289 g/mol. The summed E-state index contributed by atoms with van der Waals surface area (Å²) in [5.74, 6) is 5.87. The molecule has 0 amide bonds. The fourth-order valence-corrected chi connectivity index (χ4v) is 1.91. The Labute approximate surface area is 128 Å². The van der Waals surface area contributed by atoms with Crippen molar-refractivity contribution in [2.45, 2.75) is 0 Å². The Hall–Kier alpha value is -2.44. The largest absolute Gasteiger partial charge is 0.497 e. The van der Waals surface area contributed by atoms with Crippen molar-refractivity contribution >= 4 is 23.0 Å². The first-order valence-corrected chi connectivity index (χ1v) is 6.49. The highest BCUT2D eigenvalue weighted by molar-refractivity contribution is 6.30. The minimum atomic E-state index is -0.383. The van der Waals surface area contributed by atoms with Crippen molar-refractivity contribution in [1.82, 2.24) is 0 Å². The smallest absolute Gasteiger partial charge is 0.124 e. The lowest BCUT2D eigenvalue weighted by atomic mass is 10.1. The molecule has 0 bridgehead atoms. The molecule has 0 atom stereocenters. The number of halogens is 2. The van der Waals surface area contributed by atoms with Gasteiger partial charge in [0.05, 0.1) is 12.7 Å². The molecule has 0 heterocycles. The van der Waals surface area contributed by atoms with Crippen LogP contribution in [0.25, 0.3) is 5.76 Å². The molecule has 2 aromatic carbocycles. The van der Waals surface area contributed by atoms with E-state index >= 15 is 0 Å². The van der Waals surface area contributed by atoms with E-state index in [9.17, 15) is 4.39 Å². The monoisotopic (exact) mass is 301 g/mol. The second kappa shape index (κ2) is 6.34. The van der Waals surface area contributed by atoms with Crippen LogP contribution in [0, 0.1) is 17.7 Å². The van der Waals surface area contributed by atoms with Gasteiger partial charge < -0.3 is 10.5 Å². The summed E-state index contributed by atoms with van der Waals surface area (Å²) in [6, 6.07) is 9.25. The summed E-state index contributed by atoms with van der Waals surface area (Å²) in [4.78, 5) is 0. The third-order valence-corrected chi connectivity index (χ3v) is 3.11. The SMILES string of the molecule is C=C(OC)c1cc(Cl)ccc1C#Cc1cc(F)ccc1N. The summed E-state index contributed by atoms with van der Waals surface area (Å²) in [6.07, 6.45) is 0. The lowest BCUT2D eigenvalue weighted by molar-refractivity contribution is 0.371. The third kappa shape index (κ3) is 3.56. The summed E-state index contributed by atoms with van der Waals surface area (Å²) in [5, 5.41) is 0.555. The Bertz CT molecular complexity index is 759. The average molecular weight is 302 g/mol. The minimum absolute atomic E-state index is 0.383. The Balaban J connectivity index is 2.47. The van der Waals surface area contributed by atoms with Crippen LogP contribution >= 0.6 is 11.6 Å². The molecular formula is C17H13ClFNO. The molecule has 2 nitrogen and oxygen atoms in total. The van der Waals surface area contributed by atoms with E-state index in [1.54, 1.807) is 18.2 Å². The molecule has 106 valence electrons. The molecule has 2 N–H and O–H groups in total. The van der Waals surface area contributed by atoms with E-state index < -0.39 is 0 Å². The van der Waals surface area contributed by atoms with Gasteiger partial charge in [0.2, 0.25) is 0 Å². The first kappa shape index (κ1) is 15.0. The fraction of sp³-hybridized carbons (Fsp3) is 0.0588. The molecule has 0 radical (unpaired) electrons. The number of hydrogen-bond donors (Lipinski definition) is 1. The van der Waals surface area contributed by atoms with Gasteiger partial charge in [0.15, 0.2) is 0 Å². The number of nitrogen functional groups attached to an aromatic ring is 1. The number of benzene rings is 2. The van der Waals surface area contributed by atoms with Crippen molar-refractivity contribution in [2.24, 2.45) is 0 Å². The zero-order valence-corrected chi connectivity index (χ0v) is 12.2. The maximum atomic E-state index is 13.2. The van der Waals surface area contributed by atoms with Gasteiger partial charge in [-0.25, -0.2) is 4.39 Å². The van der Waals surface area contributed by atoms with Gasteiger partial charge in [0.25, 0.3) is 0 Å². The van der Waals surface area contributed by atoms with Crippen LogP contribution in [0.2, 0.25) is 5.02 Å². The maximum absolute atomic E-state index is 13.2. The van der Waals surface area contributed by atoms with Crippen LogP contribution in [-0.2, 0) is 4.74 Å². The molecule has 0 fully saturated rings. The number of methoxy groups -OCH3 is 1. The number of nitrogens with two attached hydrogens (primary N) is 1. The van der Waals surface area contributed by atoms with Crippen molar-refractivity contribution in [1.29, 1.82) is 0 Å². The molecule has 0 aliphatic carbocycles. The Morgan fingerprint density at radius 2 is 1.90 bits per heavy atom. The van der Waals surface area contributed by atoms with Gasteiger partial charge in [-0.05, 0) is 36.4 Å². The summed E-state index contributed by atoms with van der Waals surface area (Å²) in [7, 11) is 1.52. The van der Waals surface area contributed by atoms with Gasteiger partial charge in [-0.2, -0.15) is 0 Å². The second-order valence-corrected chi connectivity index (χ2v) is 4.74. The number of anilines is 1. The maximum Gasteiger partial charge on any atom is 0.124 e. The zero-order valence-electron chi connectivity index (χ0n) is 11.4. The highest BCUT2D eigenvalue weighted by Gasteiger charge is 2.06. The van der Waals surface area contributed by atoms with E-state index in [2.05, 4.69) is 18.4 Å². The van der Waals surface area contributed by atoms with Crippen LogP contribution in [0.5, 0.6) is 0 Å². The molecule has 0 aromatic heterocycles. The van der Waals surface area contributed by atoms with E-state index in [0.717, 1.165) is 0 Å². The van der Waals surface area contributed by atoms with Crippen molar-refractivity contribution in [3.8, 4) is 11.8 Å². The molecule has 0 unspecified atom stereocenters. The van der Waals surface area contributed by atoms with Gasteiger partial charge in [0, 0.05) is 21.8 Å². The van der Waals surface area contributed by atoms with E-state index in [1.807, 2.05) is 0 Å². The highest BCUT2D eigenvalue weighted by atomic mass is 35.5. The van der Waals surface area contributed by atoms with Gasteiger partial charge >= 0.3 is 0 Å². The van der Waals surface area contributed by atoms with Crippen LogP contribution in [0.1, 0.15) is 16.7 Å². The number of rotatable bonds is 2. The van der Waals surface area contributed by atoms with Crippen LogP contribution in [0.4, 0.5) is 10.1 Å². The van der Waals surface area contributed by atoms with E-state index in [1.165, 1.54) is 25.3 Å². The van der Waals surface area contributed by atoms with Crippen molar-refractivity contribution in [2.75, 3.05) is 12.8 Å². The van der Waals surface area contributed by atoms with Crippen molar-refractivity contribution in [3.05, 3.63) is 70.5 Å². The lowest BCUT2D eigenvalue weighted by Crippen LogP contribution is -1.93. The zero-order chi connectivity index (χ0) is 15.4. The number of ether oxygens (including phenoxy) is 1. The predicted octanol–water partition coefficient (Wildman–Crippen LogP) is 4.08. The molecule has 0 saturated heterocycles. The molecule has 0 aliphatic heterocycles. The van der Waals surface area contributed by atoms with Gasteiger partial charge in [-0.15, -0.1) is 0 Å². The third-order valence-electron chi connectivity index (χ3n) is 2.88. The summed E-state index contributed by atoms with van der Waals surface area (Å²) in [5.41, 5.74) is 7.98. The average Bonchev–Trinajstić information content (AvgIpc) is 2.48. The second-order valence-electron chi connectivity index (χ2n) is 4.30. The van der Waals surface area contributed by atoms with E-state index in [4.69, 9.17) is 22.1 Å². The summed E-state index contributed by atoms with van der Waals surface area (Å²) < 4.78 is 18.3. The first-order chi connectivity index (χ1) is 10.0. The van der Waals surface area contributed by atoms with E-state index in [-0.39, 0.29) is 5.82 Å². The standard InChI is InChI=1S/C17H13ClFNO/c1-11(21-2)16-10-14(18)6-5-12(16)3-4-13-9-15(19)7-8-17(13)20/h5-10H,1,20H2,2H3. The van der Waals surface area contributed by atoms with Crippen LogP contribution < -0.4 is 5.73 Å². The highest BCUT2D eigenvalue weighted by Crippen LogP contribution is 2.22. The normalized spacial score (nSPS) is 9.67. The van der Waals surface area contributed by atoms with Crippen LogP contribution in [0.3, 0.4) is 0 Å². The molecule has 2 rings (SSSR count). The Kier molecular flexibility index (Phi) is 4.52. The van der Waals surface area contributed by atoms with Crippen LogP contribution in [0.15, 0.2) is 43.0 Å². The molecule has 4 heteroatoms. The lowest BCUT2D eigenvalue weighted by Gasteiger charge is -2.07. The molecule has 2 aromatic rings. The predicted molar refractivity (Wildman–Crippen MR) is 84.3 cm³/mol. The van der Waals surface area contributed by atoms with Crippen molar-refractivity contribution in [3.63, 3.8) is 0 Å². The molecule has 21 heavy (non-hydrogen) atoms. The summed E-state index contributed by atoms with van der Waals surface area (Å²) in [6.45, 7) is 3.80. The topological polar surface area (TPSA) is 35.2 Å².